The zero-order valence-corrected chi connectivity index (χ0v) is 18.0. The van der Waals surface area contributed by atoms with E-state index >= 15 is 0 Å². The highest BCUT2D eigenvalue weighted by Crippen LogP contribution is 2.31. The van der Waals surface area contributed by atoms with Gasteiger partial charge in [-0.2, -0.15) is 15.5 Å². The summed E-state index contributed by atoms with van der Waals surface area (Å²) in [5.41, 5.74) is 8.60. The maximum atomic E-state index is 13.2. The van der Waals surface area contributed by atoms with Gasteiger partial charge in [-0.1, -0.05) is 0 Å². The van der Waals surface area contributed by atoms with Crippen LogP contribution in [0.4, 0.5) is 15.9 Å². The predicted molar refractivity (Wildman–Crippen MR) is 116 cm³/mol. The van der Waals surface area contributed by atoms with Gasteiger partial charge in [0.25, 0.3) is 5.91 Å². The van der Waals surface area contributed by atoms with Crippen molar-refractivity contribution >= 4 is 17.4 Å². The molecule has 3 N–H and O–H groups in total. The van der Waals surface area contributed by atoms with E-state index < -0.39 is 5.91 Å². The van der Waals surface area contributed by atoms with Gasteiger partial charge in [0.15, 0.2) is 5.82 Å². The summed E-state index contributed by atoms with van der Waals surface area (Å²) in [7, 11) is 1.91. The van der Waals surface area contributed by atoms with Crippen molar-refractivity contribution in [2.75, 3.05) is 18.4 Å². The third kappa shape index (κ3) is 4.33. The number of likely N-dealkylation sites (tertiary alicyclic amines) is 1. The molecule has 32 heavy (non-hydrogen) atoms. The average molecular weight is 436 g/mol. The number of piperidine rings is 1. The van der Waals surface area contributed by atoms with Gasteiger partial charge in [0, 0.05) is 49.8 Å². The van der Waals surface area contributed by atoms with Crippen molar-refractivity contribution in [2.24, 2.45) is 18.7 Å². The summed E-state index contributed by atoms with van der Waals surface area (Å²) >= 11 is 0. The predicted octanol–water partition coefficient (Wildman–Crippen LogP) is 2.49. The van der Waals surface area contributed by atoms with Crippen molar-refractivity contribution < 1.29 is 9.18 Å². The van der Waals surface area contributed by atoms with E-state index in [0.29, 0.717) is 18.7 Å². The molecule has 0 saturated carbocycles. The molecule has 9 nitrogen and oxygen atoms in total. The van der Waals surface area contributed by atoms with E-state index in [1.807, 2.05) is 24.9 Å². The Bertz CT molecular complexity index is 1160. The lowest BCUT2D eigenvalue weighted by Crippen LogP contribution is -2.40. The zero-order chi connectivity index (χ0) is 22.8. The van der Waals surface area contributed by atoms with Gasteiger partial charge in [0.1, 0.15) is 11.4 Å². The van der Waals surface area contributed by atoms with Gasteiger partial charge in [-0.15, -0.1) is 0 Å². The summed E-state index contributed by atoms with van der Waals surface area (Å²) in [6.07, 6.45) is 4.15. The fourth-order valence-corrected chi connectivity index (χ4v) is 4.04. The number of nitriles is 1. The largest absolute Gasteiger partial charge is 0.365 e. The maximum absolute atomic E-state index is 13.2. The molecule has 1 aliphatic heterocycles. The lowest BCUT2D eigenvalue weighted by molar-refractivity contribution is 0.100. The molecule has 10 heteroatoms. The van der Waals surface area contributed by atoms with Crippen molar-refractivity contribution in [1.29, 1.82) is 5.26 Å². The van der Waals surface area contributed by atoms with Crippen LogP contribution in [0.15, 0.2) is 36.7 Å². The molecule has 166 valence electrons. The van der Waals surface area contributed by atoms with Gasteiger partial charge in [0.05, 0.1) is 24.2 Å². The van der Waals surface area contributed by atoms with Gasteiger partial charge in [-0.05, 0) is 37.6 Å². The molecule has 2 aromatic heterocycles. The Kier molecular flexibility index (Phi) is 5.92. The quantitative estimate of drug-likeness (QED) is 0.613. The first-order valence-corrected chi connectivity index (χ1v) is 10.4. The Balaban J connectivity index is 1.52. The van der Waals surface area contributed by atoms with Gasteiger partial charge >= 0.3 is 0 Å². The molecule has 2 atom stereocenters. The van der Waals surface area contributed by atoms with Crippen LogP contribution in [0.25, 0.3) is 0 Å². The Morgan fingerprint density at radius 3 is 2.75 bits per heavy atom. The number of nitrogens with two attached hydrogens (primary N) is 1. The van der Waals surface area contributed by atoms with Gasteiger partial charge in [-0.3, -0.25) is 19.1 Å². The number of hydrogen-bond donors (Lipinski definition) is 2. The number of amides is 1. The van der Waals surface area contributed by atoms with Gasteiger partial charge in [-0.25, -0.2) is 4.39 Å². The Morgan fingerprint density at radius 2 is 2.12 bits per heavy atom. The van der Waals surface area contributed by atoms with Crippen LogP contribution in [0.3, 0.4) is 0 Å². The van der Waals surface area contributed by atoms with Crippen molar-refractivity contribution in [1.82, 2.24) is 24.5 Å². The van der Waals surface area contributed by atoms with Crippen LogP contribution < -0.4 is 11.1 Å². The molecule has 1 aliphatic rings. The summed E-state index contributed by atoms with van der Waals surface area (Å²) in [4.78, 5) is 14.2. The summed E-state index contributed by atoms with van der Waals surface area (Å²) in [5, 5.41) is 21.7. The average Bonchev–Trinajstić information content (AvgIpc) is 3.34. The summed E-state index contributed by atoms with van der Waals surface area (Å²) in [6.45, 7) is 4.13. The van der Waals surface area contributed by atoms with E-state index in [4.69, 9.17) is 5.73 Å². The van der Waals surface area contributed by atoms with Gasteiger partial charge in [0.2, 0.25) is 0 Å². The molecule has 0 unspecified atom stereocenters. The van der Waals surface area contributed by atoms with Crippen LogP contribution >= 0.6 is 0 Å². The summed E-state index contributed by atoms with van der Waals surface area (Å²) < 4.78 is 16.7. The van der Waals surface area contributed by atoms with E-state index in [0.717, 1.165) is 24.3 Å². The van der Waals surface area contributed by atoms with Crippen molar-refractivity contribution in [2.45, 2.75) is 25.9 Å². The van der Waals surface area contributed by atoms with Crippen LogP contribution in [-0.2, 0) is 13.6 Å². The molecular weight excluding hydrogens is 411 g/mol. The van der Waals surface area contributed by atoms with E-state index in [1.165, 1.54) is 12.1 Å². The SMILES string of the molecule is Cc1c(CN2CC[C@@H](n3cc(C(N)=O)c(Nc4ccc(F)cc4)n3)[C@@H](C#N)C2)cnn1C. The third-order valence-electron chi connectivity index (χ3n) is 6.00. The second-order valence-electron chi connectivity index (χ2n) is 8.07. The number of nitrogens with one attached hydrogen (secondary N) is 1. The lowest BCUT2D eigenvalue weighted by Gasteiger charge is -2.35. The highest BCUT2D eigenvalue weighted by molar-refractivity contribution is 5.98. The zero-order valence-electron chi connectivity index (χ0n) is 18.0. The number of carbonyl (C=O) groups is 1. The molecule has 0 aliphatic carbocycles. The molecule has 0 bridgehead atoms. The van der Waals surface area contributed by atoms with Crippen molar-refractivity contribution in [3.05, 3.63) is 59.3 Å². The maximum Gasteiger partial charge on any atom is 0.254 e. The van der Waals surface area contributed by atoms with Crippen LogP contribution in [0, 0.1) is 30.0 Å². The third-order valence-corrected chi connectivity index (χ3v) is 6.00. The first-order valence-electron chi connectivity index (χ1n) is 10.4. The standard InChI is InChI=1S/C22H25FN8O/c1-14-16(10-26-29(14)2)12-30-8-7-20(15(9-24)11-30)31-13-19(21(25)32)22(28-31)27-18-5-3-17(23)4-6-18/h3-6,10,13,15,20H,7-8,11-12H2,1-2H3,(H2,25,32)(H,27,28)/t15-,20+/m0/s1. The Morgan fingerprint density at radius 1 is 1.38 bits per heavy atom. The number of benzene rings is 1. The highest BCUT2D eigenvalue weighted by atomic mass is 19.1. The molecule has 1 aromatic carbocycles. The number of aromatic nitrogens is 4. The first-order chi connectivity index (χ1) is 15.4. The number of anilines is 2. The number of carbonyl (C=O) groups excluding carboxylic acids is 1. The van der Waals surface area contributed by atoms with Crippen LogP contribution in [0.5, 0.6) is 0 Å². The second kappa shape index (κ2) is 8.80. The normalized spacial score (nSPS) is 18.9. The van der Waals surface area contributed by atoms with Crippen molar-refractivity contribution in [3.8, 4) is 6.07 Å². The summed E-state index contributed by atoms with van der Waals surface area (Å²) in [6, 6.07) is 7.95. The molecule has 1 saturated heterocycles. The lowest BCUT2D eigenvalue weighted by atomic mass is 9.93. The number of halogens is 1. The number of primary amides is 1. The molecule has 3 heterocycles. The van der Waals surface area contributed by atoms with Crippen LogP contribution in [0.1, 0.15) is 34.1 Å². The number of aryl methyl sites for hydroxylation is 1. The fraction of sp³-hybridized carbons (Fsp3) is 0.364. The topological polar surface area (TPSA) is 118 Å². The van der Waals surface area contributed by atoms with E-state index in [-0.39, 0.29) is 29.2 Å². The number of rotatable bonds is 6. The van der Waals surface area contributed by atoms with Gasteiger partial charge < -0.3 is 11.1 Å². The van der Waals surface area contributed by atoms with Crippen LogP contribution in [0.2, 0.25) is 0 Å². The van der Waals surface area contributed by atoms with Crippen LogP contribution in [-0.4, -0.2) is 43.5 Å². The van der Waals surface area contributed by atoms with E-state index in [9.17, 15) is 14.4 Å². The Labute approximate surface area is 185 Å². The Hall–Kier alpha value is -3.71. The number of hydrogen-bond acceptors (Lipinski definition) is 6. The van der Waals surface area contributed by atoms with E-state index in [1.54, 1.807) is 23.0 Å². The minimum Gasteiger partial charge on any atom is -0.365 e. The van der Waals surface area contributed by atoms with E-state index in [2.05, 4.69) is 26.5 Å². The smallest absolute Gasteiger partial charge is 0.254 e. The molecule has 4 rings (SSSR count). The summed E-state index contributed by atoms with van der Waals surface area (Å²) in [5.74, 6) is -1.01. The minimum absolute atomic E-state index is 0.187. The molecule has 1 amide bonds. The first kappa shape index (κ1) is 21.5. The minimum atomic E-state index is -0.626. The molecule has 1 fully saturated rings. The fourth-order valence-electron chi connectivity index (χ4n) is 4.04. The monoisotopic (exact) mass is 436 g/mol. The highest BCUT2D eigenvalue weighted by Gasteiger charge is 2.32. The molecule has 3 aromatic rings. The molecule has 0 spiro atoms. The number of nitrogens with zero attached hydrogens (tertiary/aromatic N) is 6. The van der Waals surface area contributed by atoms with Crippen molar-refractivity contribution in [3.63, 3.8) is 0 Å². The molecule has 0 radical (unpaired) electrons. The molecular formula is C22H25FN8O. The second-order valence-corrected chi connectivity index (χ2v) is 8.07.